The minimum Gasteiger partial charge on any atom is -0.391 e. The molecule has 4 heterocycles. The van der Waals surface area contributed by atoms with Crippen LogP contribution in [0.15, 0.2) is 103 Å². The zero-order chi connectivity index (χ0) is 61.2. The number of benzene rings is 4. The lowest BCUT2D eigenvalue weighted by Gasteiger charge is -2.35. The molecule has 0 radical (unpaired) electrons. The van der Waals surface area contributed by atoms with E-state index in [0.717, 1.165) is 39.4 Å². The Kier molecular flexibility index (Phi) is 20.2. The van der Waals surface area contributed by atoms with Crippen molar-refractivity contribution in [3.05, 3.63) is 142 Å². The van der Waals surface area contributed by atoms with Gasteiger partial charge in [0.25, 0.3) is 11.8 Å². The normalized spacial score (nSPS) is 15.4. The number of ether oxygens (including phenoxy) is 2. The lowest BCUT2D eigenvalue weighted by molar-refractivity contribution is -0.144. The van der Waals surface area contributed by atoms with Crippen molar-refractivity contribution in [1.82, 2.24) is 50.9 Å². The Labute approximate surface area is 492 Å². The van der Waals surface area contributed by atoms with Gasteiger partial charge in [-0.3, -0.25) is 33.9 Å². The SMILES string of the molecule is Cc1ncsc1-c1ccc([C@H](C)NC(=O)[C@@H]2C[C@@H](O)CN2C(=O)[C@H](NC(=O)CCOCCOCCNC(=O)[C@H](C)NC(=O)c2n[nH]c3cc(NCc4cccc(NC(=O)c5cc(-n6cncc6C)cc(C(F)(F)F)c5)c4)ccc23)C(C)(C)C)cc1. The summed E-state index contributed by atoms with van der Waals surface area (Å²) in [4.78, 5) is 91.1. The van der Waals surface area contributed by atoms with Gasteiger partial charge in [0.2, 0.25) is 23.6 Å². The second-order valence-electron chi connectivity index (χ2n) is 21.9. The lowest BCUT2D eigenvalue weighted by atomic mass is 9.85. The Hall–Kier alpha value is -8.52. The number of nitrogens with one attached hydrogen (secondary N) is 7. The number of carbonyl (C=O) groups is 6. The number of H-pyrrole nitrogens is 1. The predicted octanol–water partition coefficient (Wildman–Crippen LogP) is 7.40. The highest BCUT2D eigenvalue weighted by Crippen LogP contribution is 2.33. The second-order valence-corrected chi connectivity index (χ2v) is 22.7. The molecule has 1 fully saturated rings. The summed E-state index contributed by atoms with van der Waals surface area (Å²) in [5.41, 5.74) is 5.88. The van der Waals surface area contributed by atoms with Crippen molar-refractivity contribution in [2.24, 2.45) is 5.41 Å². The number of carbonyl (C=O) groups excluding carboxylic acids is 6. The molecule has 85 heavy (non-hydrogen) atoms. The molecule has 7 aromatic rings. The second kappa shape index (κ2) is 27.5. The highest BCUT2D eigenvalue weighted by Gasteiger charge is 2.45. The zero-order valence-electron chi connectivity index (χ0n) is 48.1. The molecule has 25 heteroatoms. The molecule has 8 rings (SSSR count). The summed E-state index contributed by atoms with van der Waals surface area (Å²) < 4.78 is 54.2. The number of aryl methyl sites for hydroxylation is 2. The molecule has 0 unspecified atom stereocenters. The van der Waals surface area contributed by atoms with Gasteiger partial charge < -0.3 is 55.9 Å². The molecule has 1 aliphatic heterocycles. The fourth-order valence-corrected chi connectivity index (χ4v) is 10.4. The van der Waals surface area contributed by atoms with Gasteiger partial charge in [0.15, 0.2) is 5.69 Å². The average Bonchev–Trinajstić information content (AvgIpc) is 2.70. The maximum Gasteiger partial charge on any atom is 0.416 e. The first-order chi connectivity index (χ1) is 40.4. The third kappa shape index (κ3) is 16.2. The number of imidazole rings is 1. The van der Waals surface area contributed by atoms with E-state index >= 15 is 0 Å². The van der Waals surface area contributed by atoms with Gasteiger partial charge >= 0.3 is 6.18 Å². The third-order valence-corrected chi connectivity index (χ3v) is 15.2. The van der Waals surface area contributed by atoms with Crippen LogP contribution in [0.1, 0.15) is 102 Å². The number of aromatic nitrogens is 5. The number of amides is 6. The Bertz CT molecular complexity index is 3520. The van der Waals surface area contributed by atoms with E-state index in [-0.39, 0.29) is 75.3 Å². The minimum absolute atomic E-state index is 0.0312. The molecule has 450 valence electrons. The molecule has 0 saturated carbocycles. The minimum atomic E-state index is -4.69. The number of anilines is 2. The quantitative estimate of drug-likeness (QED) is 0.0274. The van der Waals surface area contributed by atoms with E-state index in [1.807, 2.05) is 65.0 Å². The standard InChI is InChI=1S/C60H69F3N12O9S/c1-34-29-64-32-75(34)45-25-41(24-42(26-45)60(61,62)63)55(79)70-44-10-8-9-38(23-44)30-66-43-15-16-47-48(27-43)72-73-51(47)57(81)69-37(4)54(78)65-18-20-84-22-21-83-19-17-50(77)71-53(59(5,6)7)58(82)74-31-46(76)28-49(74)56(80)68-35(2)39-11-13-40(14-12-39)52-36(3)67-33-85-52/h8-16,23-27,29,32-33,35,37,46,49,53,66,76H,17-22,28,30-31H2,1-7H3,(H,65,78)(H,68,80)(H,69,81)(H,70,79)(H,71,77)(H,72,73)/t35-,37-,46+,49-,53-/m0/s1. The molecule has 0 aliphatic carbocycles. The van der Waals surface area contributed by atoms with Crippen molar-refractivity contribution >= 4 is 69.1 Å². The van der Waals surface area contributed by atoms with Gasteiger partial charge in [-0.05, 0) is 98.3 Å². The van der Waals surface area contributed by atoms with Crippen molar-refractivity contribution < 1.29 is 56.5 Å². The van der Waals surface area contributed by atoms with E-state index < -0.39 is 76.8 Å². The van der Waals surface area contributed by atoms with E-state index in [4.69, 9.17) is 9.47 Å². The van der Waals surface area contributed by atoms with Crippen LogP contribution in [0.5, 0.6) is 0 Å². The summed E-state index contributed by atoms with van der Waals surface area (Å²) in [5, 5.41) is 35.4. The van der Waals surface area contributed by atoms with Crippen molar-refractivity contribution in [2.75, 3.05) is 50.2 Å². The van der Waals surface area contributed by atoms with Crippen molar-refractivity contribution in [3.8, 4) is 16.1 Å². The molecule has 0 bridgehead atoms. The van der Waals surface area contributed by atoms with E-state index in [2.05, 4.69) is 52.1 Å². The smallest absolute Gasteiger partial charge is 0.391 e. The number of thiazole rings is 1. The van der Waals surface area contributed by atoms with Crippen LogP contribution in [0.3, 0.4) is 0 Å². The Morgan fingerprint density at radius 1 is 0.859 bits per heavy atom. The van der Waals surface area contributed by atoms with Crippen molar-refractivity contribution in [3.63, 3.8) is 0 Å². The van der Waals surface area contributed by atoms with Crippen LogP contribution in [-0.4, -0.2) is 134 Å². The summed E-state index contributed by atoms with van der Waals surface area (Å²) in [7, 11) is 0. The molecule has 3 aromatic heterocycles. The van der Waals surface area contributed by atoms with Crippen LogP contribution < -0.4 is 31.9 Å². The molecule has 1 aliphatic rings. The number of fused-ring (bicyclic) bond motifs is 1. The number of β-amino-alcohol motifs (C(OH)–C–C–N with tert-alkyl or cyclic N) is 1. The van der Waals surface area contributed by atoms with Gasteiger partial charge in [-0.25, -0.2) is 9.97 Å². The van der Waals surface area contributed by atoms with Crippen molar-refractivity contribution in [1.29, 1.82) is 0 Å². The zero-order valence-corrected chi connectivity index (χ0v) is 48.9. The van der Waals surface area contributed by atoms with Crippen LogP contribution in [0, 0.1) is 19.3 Å². The van der Waals surface area contributed by atoms with Gasteiger partial charge in [0.1, 0.15) is 18.1 Å². The highest BCUT2D eigenvalue weighted by molar-refractivity contribution is 7.13. The van der Waals surface area contributed by atoms with E-state index in [1.54, 1.807) is 60.2 Å². The molecule has 1 saturated heterocycles. The number of aromatic amines is 1. The first-order valence-corrected chi connectivity index (χ1v) is 28.5. The molecular weight excluding hydrogens is 1120 g/mol. The van der Waals surface area contributed by atoms with E-state index in [9.17, 15) is 47.0 Å². The number of aliphatic hydroxyl groups excluding tert-OH is 1. The predicted molar refractivity (Wildman–Crippen MR) is 314 cm³/mol. The van der Waals surface area contributed by atoms with Gasteiger partial charge in [-0.2, -0.15) is 18.3 Å². The first-order valence-electron chi connectivity index (χ1n) is 27.6. The molecule has 8 N–H and O–H groups in total. The number of aliphatic hydroxyl groups is 1. The van der Waals surface area contributed by atoms with Gasteiger partial charge in [-0.1, -0.05) is 57.2 Å². The van der Waals surface area contributed by atoms with Gasteiger partial charge in [0, 0.05) is 72.4 Å². The fourth-order valence-electron chi connectivity index (χ4n) is 9.61. The first kappa shape index (κ1) is 62.5. The molecule has 21 nitrogen and oxygen atoms in total. The third-order valence-electron chi connectivity index (χ3n) is 14.3. The number of hydrogen-bond acceptors (Lipinski definition) is 14. The number of alkyl halides is 3. The average molecular weight is 1190 g/mol. The molecule has 6 amide bonds. The molecule has 4 aromatic carbocycles. The van der Waals surface area contributed by atoms with E-state index in [0.29, 0.717) is 34.5 Å². The monoisotopic (exact) mass is 1190 g/mol. The summed E-state index contributed by atoms with van der Waals surface area (Å²) >= 11 is 1.55. The summed E-state index contributed by atoms with van der Waals surface area (Å²) in [6.07, 6.45) is -2.72. The summed E-state index contributed by atoms with van der Waals surface area (Å²) in [6, 6.07) is 19.8. The number of rotatable bonds is 24. The number of likely N-dealkylation sites (tertiary alicyclic amines) is 1. The molecule has 0 spiro atoms. The van der Waals surface area contributed by atoms with Crippen molar-refractivity contribution in [2.45, 2.75) is 104 Å². The largest absolute Gasteiger partial charge is 0.416 e. The highest BCUT2D eigenvalue weighted by atomic mass is 32.1. The summed E-state index contributed by atoms with van der Waals surface area (Å²) in [6.45, 7) is 13.3. The number of hydrogen-bond donors (Lipinski definition) is 8. The Morgan fingerprint density at radius 3 is 2.31 bits per heavy atom. The Balaban J connectivity index is 0.714. The molecule has 5 atom stereocenters. The van der Waals surface area contributed by atoms with Crippen LogP contribution in [0.2, 0.25) is 0 Å². The Morgan fingerprint density at radius 2 is 1.61 bits per heavy atom. The van der Waals surface area contributed by atoms with Crippen LogP contribution in [0.4, 0.5) is 24.5 Å². The topological polar surface area (TPSA) is 276 Å². The van der Waals surface area contributed by atoms with E-state index in [1.165, 1.54) is 35.0 Å². The van der Waals surface area contributed by atoms with Gasteiger partial charge in [0.05, 0.1) is 72.1 Å². The maximum absolute atomic E-state index is 14.1. The maximum atomic E-state index is 14.1. The van der Waals surface area contributed by atoms with Crippen LogP contribution in [-0.2, 0) is 41.4 Å². The number of halogens is 3. The molecular formula is C60H69F3N12O9S. The van der Waals surface area contributed by atoms with Crippen LogP contribution in [0.25, 0.3) is 27.0 Å². The van der Waals surface area contributed by atoms with Crippen LogP contribution >= 0.6 is 11.3 Å². The van der Waals surface area contributed by atoms with Gasteiger partial charge in [-0.15, -0.1) is 11.3 Å². The summed E-state index contributed by atoms with van der Waals surface area (Å²) in [5.74, 6) is -3.08. The fraction of sp³-hybridized carbons (Fsp3) is 0.383. The lowest BCUT2D eigenvalue weighted by Crippen LogP contribution is -2.58. The number of nitrogens with zero attached hydrogens (tertiary/aromatic N) is 5.